The van der Waals surface area contributed by atoms with Crippen molar-refractivity contribution in [1.82, 2.24) is 15.0 Å². The lowest BCUT2D eigenvalue weighted by Crippen LogP contribution is -2.12. The maximum atomic E-state index is 11.1. The summed E-state index contributed by atoms with van der Waals surface area (Å²) in [7, 11) is 1.58. The van der Waals surface area contributed by atoms with E-state index in [0.29, 0.717) is 25.3 Å². The molecule has 0 unspecified atom stereocenters. The Morgan fingerprint density at radius 3 is 3.00 bits per heavy atom. The Balaban J connectivity index is 2.12. The summed E-state index contributed by atoms with van der Waals surface area (Å²) in [6.45, 7) is 1.07. The van der Waals surface area contributed by atoms with Crippen LogP contribution < -0.4 is 0 Å². The number of methoxy groups -OCH3 is 1. The molecule has 0 atom stereocenters. The lowest BCUT2D eigenvalue weighted by molar-refractivity contribution is 0.0688. The van der Waals surface area contributed by atoms with Gasteiger partial charge in [0.15, 0.2) is 5.69 Å². The second kappa shape index (κ2) is 6.44. The van der Waals surface area contributed by atoms with Gasteiger partial charge in [0.2, 0.25) is 0 Å². The third kappa shape index (κ3) is 3.39. The van der Waals surface area contributed by atoms with Gasteiger partial charge in [0, 0.05) is 20.1 Å². The van der Waals surface area contributed by atoms with Crippen molar-refractivity contribution in [2.75, 3.05) is 13.7 Å². The highest BCUT2D eigenvalue weighted by molar-refractivity contribution is 7.07. The summed E-state index contributed by atoms with van der Waals surface area (Å²) in [4.78, 5) is 11.1. The molecule has 2 rings (SSSR count). The molecule has 1 N–H and O–H groups in total. The Hall–Kier alpha value is -1.73. The normalized spacial score (nSPS) is 10.8. The Bertz CT molecular complexity index is 536. The first-order valence-electron chi connectivity index (χ1n) is 5.88. The van der Waals surface area contributed by atoms with Gasteiger partial charge in [-0.3, -0.25) is 0 Å². The third-order valence-electron chi connectivity index (χ3n) is 2.78. The highest BCUT2D eigenvalue weighted by Gasteiger charge is 2.18. The van der Waals surface area contributed by atoms with Crippen LogP contribution in [0.2, 0.25) is 0 Å². The summed E-state index contributed by atoms with van der Waals surface area (Å²) in [5.41, 5.74) is 1.85. The highest BCUT2D eigenvalue weighted by atomic mass is 32.1. The van der Waals surface area contributed by atoms with E-state index in [4.69, 9.17) is 9.84 Å². The Morgan fingerprint density at radius 1 is 1.53 bits per heavy atom. The van der Waals surface area contributed by atoms with Crippen LogP contribution in [0.3, 0.4) is 0 Å². The van der Waals surface area contributed by atoms with Gasteiger partial charge in [0.25, 0.3) is 0 Å². The molecular weight excluding hydrogens is 266 g/mol. The minimum Gasteiger partial charge on any atom is -0.476 e. The van der Waals surface area contributed by atoms with Gasteiger partial charge < -0.3 is 9.84 Å². The summed E-state index contributed by atoms with van der Waals surface area (Å²) in [5, 5.41) is 20.8. The minimum absolute atomic E-state index is 0.0161. The molecule has 0 aliphatic carbocycles. The number of hydrogen-bond acceptors (Lipinski definition) is 5. The molecule has 7 heteroatoms. The zero-order chi connectivity index (χ0) is 13.7. The fourth-order valence-corrected chi connectivity index (χ4v) is 2.50. The number of aromatic nitrogens is 3. The molecule has 0 radical (unpaired) electrons. The van der Waals surface area contributed by atoms with Crippen molar-refractivity contribution < 1.29 is 14.6 Å². The number of rotatable bonds is 7. The summed E-state index contributed by atoms with van der Waals surface area (Å²) in [5.74, 6) is -1.05. The molecule has 0 spiro atoms. The molecule has 2 aromatic heterocycles. The van der Waals surface area contributed by atoms with Gasteiger partial charge in [-0.15, -0.1) is 5.10 Å². The first-order valence-corrected chi connectivity index (χ1v) is 6.82. The number of aryl methyl sites for hydroxylation is 2. The topological polar surface area (TPSA) is 77.2 Å². The van der Waals surface area contributed by atoms with E-state index in [9.17, 15) is 4.79 Å². The van der Waals surface area contributed by atoms with E-state index in [-0.39, 0.29) is 5.69 Å². The number of thiophene rings is 1. The molecule has 102 valence electrons. The van der Waals surface area contributed by atoms with Crippen molar-refractivity contribution >= 4 is 17.3 Å². The number of hydrogen-bond donors (Lipinski definition) is 1. The average molecular weight is 281 g/mol. The molecule has 6 nitrogen and oxygen atoms in total. The van der Waals surface area contributed by atoms with E-state index in [1.807, 2.05) is 5.38 Å². The maximum absolute atomic E-state index is 11.1. The van der Waals surface area contributed by atoms with Crippen LogP contribution in [0.15, 0.2) is 16.8 Å². The molecule has 0 aliphatic rings. The van der Waals surface area contributed by atoms with Crippen molar-refractivity contribution in [3.05, 3.63) is 33.8 Å². The van der Waals surface area contributed by atoms with Gasteiger partial charge in [0.1, 0.15) is 0 Å². The van der Waals surface area contributed by atoms with Gasteiger partial charge in [-0.1, -0.05) is 5.21 Å². The van der Waals surface area contributed by atoms with Gasteiger partial charge >= 0.3 is 5.97 Å². The van der Waals surface area contributed by atoms with Crippen molar-refractivity contribution in [2.24, 2.45) is 0 Å². The number of carbonyl (C=O) groups is 1. The van der Waals surface area contributed by atoms with Crippen molar-refractivity contribution in [1.29, 1.82) is 0 Å². The van der Waals surface area contributed by atoms with Gasteiger partial charge in [-0.05, 0) is 28.8 Å². The zero-order valence-corrected chi connectivity index (χ0v) is 11.4. The number of aromatic carboxylic acids is 1. The van der Waals surface area contributed by atoms with E-state index in [1.54, 1.807) is 23.1 Å². The third-order valence-corrected chi connectivity index (χ3v) is 3.51. The van der Waals surface area contributed by atoms with Crippen LogP contribution in [0.1, 0.15) is 21.7 Å². The highest BCUT2D eigenvalue weighted by Crippen LogP contribution is 2.11. The SMILES string of the molecule is COCCc1c(C(=O)O)nnn1CCc1ccsc1. The first-order chi connectivity index (χ1) is 9.22. The summed E-state index contributed by atoms with van der Waals surface area (Å²) in [6.07, 6.45) is 1.31. The number of ether oxygens (including phenoxy) is 1. The summed E-state index contributed by atoms with van der Waals surface area (Å²) < 4.78 is 6.65. The predicted octanol–water partition coefficient (Wildman–Crippen LogP) is 1.47. The fraction of sp³-hybridized carbons (Fsp3) is 0.417. The maximum Gasteiger partial charge on any atom is 0.358 e. The molecule has 0 saturated heterocycles. The Labute approximate surface area is 114 Å². The molecule has 2 heterocycles. The van der Waals surface area contributed by atoms with E-state index in [2.05, 4.69) is 21.8 Å². The van der Waals surface area contributed by atoms with Crippen molar-refractivity contribution in [2.45, 2.75) is 19.4 Å². The van der Waals surface area contributed by atoms with Gasteiger partial charge in [-0.25, -0.2) is 9.48 Å². The second-order valence-electron chi connectivity index (χ2n) is 4.04. The molecule has 19 heavy (non-hydrogen) atoms. The molecule has 0 saturated carbocycles. The molecule has 0 bridgehead atoms. The largest absolute Gasteiger partial charge is 0.476 e. The molecule has 0 amide bonds. The summed E-state index contributed by atoms with van der Waals surface area (Å²) >= 11 is 1.64. The smallest absolute Gasteiger partial charge is 0.358 e. The van der Waals surface area contributed by atoms with Crippen LogP contribution in [0.25, 0.3) is 0 Å². The average Bonchev–Trinajstić information content (AvgIpc) is 3.03. The van der Waals surface area contributed by atoms with Crippen LogP contribution >= 0.6 is 11.3 Å². The monoisotopic (exact) mass is 281 g/mol. The van der Waals surface area contributed by atoms with Crippen LogP contribution in [-0.2, 0) is 24.1 Å². The van der Waals surface area contributed by atoms with E-state index in [0.717, 1.165) is 6.42 Å². The standard InChI is InChI=1S/C12H15N3O3S/c1-18-6-3-10-11(12(16)17)13-14-15(10)5-2-9-4-7-19-8-9/h4,7-8H,2-3,5-6H2,1H3,(H,16,17). The summed E-state index contributed by atoms with van der Waals surface area (Å²) in [6, 6.07) is 2.05. The predicted molar refractivity (Wildman–Crippen MR) is 70.6 cm³/mol. The minimum atomic E-state index is -1.05. The number of carboxylic acid groups (broad SMARTS) is 1. The van der Waals surface area contributed by atoms with E-state index < -0.39 is 5.97 Å². The lowest BCUT2D eigenvalue weighted by atomic mass is 10.2. The number of carboxylic acids is 1. The van der Waals surface area contributed by atoms with Gasteiger partial charge in [0.05, 0.1) is 12.3 Å². The molecule has 2 aromatic rings. The number of nitrogens with zero attached hydrogens (tertiary/aromatic N) is 3. The molecule has 0 fully saturated rings. The second-order valence-corrected chi connectivity index (χ2v) is 4.82. The van der Waals surface area contributed by atoms with Crippen LogP contribution in [0.5, 0.6) is 0 Å². The molecular formula is C12H15N3O3S. The van der Waals surface area contributed by atoms with Gasteiger partial charge in [-0.2, -0.15) is 11.3 Å². The zero-order valence-electron chi connectivity index (χ0n) is 10.6. The fourth-order valence-electron chi connectivity index (χ4n) is 1.79. The quantitative estimate of drug-likeness (QED) is 0.831. The van der Waals surface area contributed by atoms with E-state index in [1.165, 1.54) is 5.56 Å². The lowest BCUT2D eigenvalue weighted by Gasteiger charge is -2.06. The van der Waals surface area contributed by atoms with E-state index >= 15 is 0 Å². The first kappa shape index (κ1) is 13.7. The molecule has 0 aromatic carbocycles. The van der Waals surface area contributed by atoms with Crippen LogP contribution in [0, 0.1) is 0 Å². The van der Waals surface area contributed by atoms with Crippen LogP contribution in [0.4, 0.5) is 0 Å². The Kier molecular flexibility index (Phi) is 4.64. The Morgan fingerprint density at radius 2 is 2.37 bits per heavy atom. The van der Waals surface area contributed by atoms with Crippen molar-refractivity contribution in [3.63, 3.8) is 0 Å². The van der Waals surface area contributed by atoms with Crippen LogP contribution in [-0.4, -0.2) is 39.8 Å². The molecule has 0 aliphatic heterocycles. The van der Waals surface area contributed by atoms with Crippen molar-refractivity contribution in [3.8, 4) is 0 Å².